The van der Waals surface area contributed by atoms with E-state index in [1.54, 1.807) is 97.9 Å². The topological polar surface area (TPSA) is 309 Å². The maximum Gasteiger partial charge on any atom is 0.416 e. The minimum atomic E-state index is -4.65. The summed E-state index contributed by atoms with van der Waals surface area (Å²) in [5.41, 5.74) is 4.67. The standard InChI is InChI=1S/C22H14Cl3NO3.C22H14Cl2FNO3.C20H11Cl3N2O3.C16H8Cl2F3NO3.C16H9Cl2F2NO3/c1-11-2-3-12(8-17(11)24)13-4-5-14-18(9-13)26(10-19(27)28)21-15(22(14)29)6-7-16(23)20(21)25;1-11-2-3-12(8-17(11)25)13-4-5-14-18(9-13)26(10-19(27)28)21-15(22(14)29)6-7-16(23)20(21)24;21-13-7-6-12-19(18(13)23)25(9-17(26)27)15-8-10(4-5-11(15)20(12)28)14-2-1-3-16(22)24-14;17-10-4-3-9-14(13(10)18)22(6-12(23)24)11-5-7(16(19,20)21)1-2-8(11)15(9)25;17-10-4-3-9-14(13(10)18)21(6-12(22)23)11-5-7(16(19)20)1-2-8(11)15(9)24/h2*2-9H,10H2,1H3,(H,27,28);1-8H,9H2,(H,26,27);1-5H,6H2,(H,23,24);1-5,16H,6H2,(H,22,23). The molecular formula is C96H56Cl12F6N6O15. The van der Waals surface area contributed by atoms with Crippen LogP contribution < -0.4 is 27.1 Å². The van der Waals surface area contributed by atoms with Crippen LogP contribution in [0.5, 0.6) is 0 Å². The number of pyridine rings is 6. The lowest BCUT2D eigenvalue weighted by molar-refractivity contribution is -0.138. The molecule has 0 saturated carbocycles. The summed E-state index contributed by atoms with van der Waals surface area (Å²) in [5, 5.41) is 51.1. The molecule has 0 fully saturated rings. The highest BCUT2D eigenvalue weighted by molar-refractivity contribution is 6.48. The SMILES string of the molecule is Cc1ccc(-c2ccc3c(=O)c4ccc(Cl)c(Cl)c4n(CC(=O)O)c3c2)cc1Cl.Cc1ccc(-c2ccc3c(=O)c4ccc(Cl)c(Cl)c4n(CC(=O)O)c3c2)cc1F.O=C(O)Cn1c2cc(-c3cccc(Cl)n3)ccc2c(=O)c2ccc(Cl)c(Cl)c21.O=C(O)Cn1c2cc(C(F)(F)F)ccc2c(=O)c2ccc(Cl)c(Cl)c21.O=C(O)Cn1c2cc(C(F)F)ccc2c(=O)c2ccc(Cl)c(Cl)c21. The number of carboxylic acids is 5. The predicted molar refractivity (Wildman–Crippen MR) is 520 cm³/mol. The largest absolute Gasteiger partial charge is 0.480 e. The molecule has 0 bridgehead atoms. The van der Waals surface area contributed by atoms with Crippen LogP contribution in [-0.2, 0) is 62.9 Å². The molecule has 6 aromatic heterocycles. The fourth-order valence-electron chi connectivity index (χ4n) is 15.5. The number of aryl methyl sites for hydroxylation is 2. The predicted octanol–water partition coefficient (Wildman–Crippen LogP) is 26.1. The number of nitrogens with zero attached hydrogens (tertiary/aromatic N) is 6. The normalized spacial score (nSPS) is 11.5. The molecule has 135 heavy (non-hydrogen) atoms. The van der Waals surface area contributed by atoms with Gasteiger partial charge in [-0.2, -0.15) is 13.2 Å². The van der Waals surface area contributed by atoms with E-state index in [2.05, 4.69) is 4.98 Å². The van der Waals surface area contributed by atoms with E-state index in [0.29, 0.717) is 87.1 Å². The fraction of sp³-hybridized carbons (Fsp3) is 0.0938. The number of hydrogen-bond acceptors (Lipinski definition) is 11. The number of aliphatic carboxylic acids is 5. The monoisotopic (exact) mass is 2070 g/mol. The Labute approximate surface area is 813 Å². The second-order valence-corrected chi connectivity index (χ2v) is 34.8. The molecule has 39 heteroatoms. The minimum absolute atomic E-state index is 0.00290. The van der Waals surface area contributed by atoms with E-state index >= 15 is 0 Å². The van der Waals surface area contributed by atoms with Gasteiger partial charge < -0.3 is 48.4 Å². The summed E-state index contributed by atoms with van der Waals surface area (Å²) in [6, 6.07) is 51.9. The van der Waals surface area contributed by atoms with E-state index < -0.39 is 78.5 Å². The number of alkyl halides is 5. The lowest BCUT2D eigenvalue weighted by Crippen LogP contribution is -2.17. The third-order valence-corrected chi connectivity index (χ3v) is 26.3. The Hall–Kier alpha value is -12.5. The molecule has 21 nitrogen and oxygen atoms in total. The lowest BCUT2D eigenvalue weighted by atomic mass is 10.0. The molecule has 0 radical (unpaired) electrons. The number of carboxylic acid groups (broad SMARTS) is 5. The quantitative estimate of drug-likeness (QED) is 0.0384. The van der Waals surface area contributed by atoms with Crippen LogP contribution in [0.15, 0.2) is 230 Å². The van der Waals surface area contributed by atoms with E-state index in [1.807, 2.05) is 31.2 Å². The average Bonchev–Trinajstić information content (AvgIpc) is 1.18. The highest BCUT2D eigenvalue weighted by Gasteiger charge is 2.32. The van der Waals surface area contributed by atoms with E-state index in [0.717, 1.165) is 51.6 Å². The van der Waals surface area contributed by atoms with Gasteiger partial charge in [-0.05, 0) is 199 Å². The third kappa shape index (κ3) is 19.9. The summed E-state index contributed by atoms with van der Waals surface area (Å²) in [4.78, 5) is 126. The summed E-state index contributed by atoms with van der Waals surface area (Å²) in [6.07, 6.45) is -7.40. The van der Waals surface area contributed by atoms with Gasteiger partial charge in [0.15, 0.2) is 27.1 Å². The van der Waals surface area contributed by atoms with Gasteiger partial charge in [0.05, 0.1) is 117 Å². The molecule has 18 aromatic rings. The molecule has 12 aromatic carbocycles. The Morgan fingerprint density at radius 3 is 0.904 bits per heavy atom. The first-order valence-electron chi connectivity index (χ1n) is 39.2. The van der Waals surface area contributed by atoms with Gasteiger partial charge in [0, 0.05) is 70.0 Å². The molecule has 686 valence electrons. The maximum atomic E-state index is 14.0. The Morgan fingerprint density at radius 1 is 0.319 bits per heavy atom. The van der Waals surface area contributed by atoms with E-state index in [1.165, 1.54) is 78.9 Å². The molecule has 0 aliphatic carbocycles. The number of halogens is 18. The lowest BCUT2D eigenvalue weighted by Gasteiger charge is -2.16. The van der Waals surface area contributed by atoms with Crippen molar-refractivity contribution < 1.29 is 75.8 Å². The van der Waals surface area contributed by atoms with Crippen molar-refractivity contribution in [2.45, 2.75) is 59.2 Å². The first-order valence-corrected chi connectivity index (χ1v) is 43.7. The van der Waals surface area contributed by atoms with Crippen molar-refractivity contribution >= 4 is 278 Å². The van der Waals surface area contributed by atoms with Crippen molar-refractivity contribution in [3.05, 3.63) is 346 Å². The molecule has 0 saturated heterocycles. The van der Waals surface area contributed by atoms with Gasteiger partial charge in [-0.3, -0.25) is 47.9 Å². The zero-order chi connectivity index (χ0) is 97.8. The number of benzene rings is 12. The Kier molecular flexibility index (Phi) is 29.1. The molecule has 0 aliphatic heterocycles. The molecule has 0 atom stereocenters. The van der Waals surface area contributed by atoms with E-state index in [-0.39, 0.29) is 151 Å². The van der Waals surface area contributed by atoms with Crippen LogP contribution in [-0.4, -0.2) is 83.2 Å². The van der Waals surface area contributed by atoms with Crippen molar-refractivity contribution in [2.24, 2.45) is 0 Å². The number of fused-ring (bicyclic) bond motifs is 10. The van der Waals surface area contributed by atoms with Crippen molar-refractivity contribution in [3.63, 3.8) is 0 Å². The van der Waals surface area contributed by atoms with Crippen LogP contribution in [0.1, 0.15) is 28.7 Å². The number of hydrogen-bond donors (Lipinski definition) is 5. The third-order valence-electron chi connectivity index (χ3n) is 21.7. The van der Waals surface area contributed by atoms with Gasteiger partial charge in [-0.15, -0.1) is 0 Å². The molecular weight excluding hydrogens is 2020 g/mol. The van der Waals surface area contributed by atoms with Crippen molar-refractivity contribution in [1.29, 1.82) is 0 Å². The zero-order valence-electron chi connectivity index (χ0n) is 68.5. The summed E-state index contributed by atoms with van der Waals surface area (Å²) in [6.45, 7) is 1.16. The van der Waals surface area contributed by atoms with E-state index in [9.17, 15) is 94.7 Å². The minimum Gasteiger partial charge on any atom is -0.480 e. The molecule has 0 aliphatic rings. The maximum absolute atomic E-state index is 14.0. The van der Waals surface area contributed by atoms with Crippen LogP contribution in [0.2, 0.25) is 60.4 Å². The zero-order valence-corrected chi connectivity index (χ0v) is 77.6. The summed E-state index contributed by atoms with van der Waals surface area (Å²) < 4.78 is 85.8. The van der Waals surface area contributed by atoms with Crippen LogP contribution in [0.3, 0.4) is 0 Å². The Morgan fingerprint density at radius 2 is 0.593 bits per heavy atom. The van der Waals surface area contributed by atoms with Gasteiger partial charge in [-0.1, -0.05) is 194 Å². The van der Waals surface area contributed by atoms with Crippen molar-refractivity contribution in [3.8, 4) is 33.5 Å². The molecule has 0 unspecified atom stereocenters. The number of carbonyl (C=O) groups is 5. The molecule has 6 heterocycles. The van der Waals surface area contributed by atoms with Crippen molar-refractivity contribution in [1.82, 2.24) is 27.8 Å². The Bertz CT molecular complexity index is 8280. The molecule has 5 N–H and O–H groups in total. The smallest absolute Gasteiger partial charge is 0.416 e. The number of aromatic nitrogens is 6. The highest BCUT2D eigenvalue weighted by atomic mass is 35.5. The van der Waals surface area contributed by atoms with Crippen LogP contribution in [0, 0.1) is 19.7 Å². The second-order valence-electron chi connectivity index (χ2n) is 30.1. The van der Waals surface area contributed by atoms with Gasteiger partial charge in [0.2, 0.25) is 0 Å². The van der Waals surface area contributed by atoms with E-state index in [4.69, 9.17) is 144 Å². The molecule has 0 amide bonds. The summed E-state index contributed by atoms with van der Waals surface area (Å²) in [7, 11) is 0. The first kappa shape index (κ1) is 98.5. The van der Waals surface area contributed by atoms with Gasteiger partial charge >= 0.3 is 36.0 Å². The van der Waals surface area contributed by atoms with Gasteiger partial charge in [0.1, 0.15) is 43.7 Å². The van der Waals surface area contributed by atoms with Crippen LogP contribution in [0.4, 0.5) is 26.3 Å². The molecule has 18 rings (SSSR count). The van der Waals surface area contributed by atoms with Gasteiger partial charge in [0.25, 0.3) is 6.43 Å². The highest BCUT2D eigenvalue weighted by Crippen LogP contribution is 2.42. The van der Waals surface area contributed by atoms with Crippen LogP contribution in [0.25, 0.3) is 143 Å². The molecule has 0 spiro atoms. The number of rotatable bonds is 14. The second kappa shape index (κ2) is 39.8. The van der Waals surface area contributed by atoms with Gasteiger partial charge in [-0.25, -0.2) is 18.2 Å². The van der Waals surface area contributed by atoms with Crippen LogP contribution >= 0.6 is 139 Å². The fourth-order valence-corrected chi connectivity index (χ4v) is 17.9. The van der Waals surface area contributed by atoms with Crippen molar-refractivity contribution in [2.75, 3.05) is 0 Å². The Balaban J connectivity index is 0.000000135. The summed E-state index contributed by atoms with van der Waals surface area (Å²) >= 11 is 73.9. The average molecular weight is 2070 g/mol. The summed E-state index contributed by atoms with van der Waals surface area (Å²) in [5.74, 6) is -6.10. The first-order chi connectivity index (χ1) is 63.8.